The van der Waals surface area contributed by atoms with Crippen molar-refractivity contribution in [2.75, 3.05) is 6.61 Å². The number of carbonyl (C=O) groups is 1. The molecule has 1 amide bonds. The summed E-state index contributed by atoms with van der Waals surface area (Å²) in [5.41, 5.74) is 0.404. The number of nitrogens with zero attached hydrogens (tertiary/aromatic N) is 1. The Morgan fingerprint density at radius 2 is 1.95 bits per heavy atom. The van der Waals surface area contributed by atoms with Crippen LogP contribution in [0.2, 0.25) is 0 Å². The summed E-state index contributed by atoms with van der Waals surface area (Å²) in [5, 5.41) is 23.1. The molecule has 2 N–H and O–H groups in total. The smallest absolute Gasteiger partial charge is 0.273 e. The summed E-state index contributed by atoms with van der Waals surface area (Å²) >= 11 is 0. The van der Waals surface area contributed by atoms with E-state index in [-0.39, 0.29) is 41.1 Å². The molecule has 1 rings (SSSR count). The largest absolute Gasteiger partial charge is 0.396 e. The zero-order valence-electron chi connectivity index (χ0n) is 13.7. The molecule has 0 fully saturated rings. The number of nitro groups is 1. The summed E-state index contributed by atoms with van der Waals surface area (Å²) in [6.45, 7) is 9.23. The van der Waals surface area contributed by atoms with E-state index in [4.69, 9.17) is 5.11 Å². The summed E-state index contributed by atoms with van der Waals surface area (Å²) in [6.07, 6.45) is 0. The van der Waals surface area contributed by atoms with Gasteiger partial charge in [-0.2, -0.15) is 0 Å². The van der Waals surface area contributed by atoms with E-state index in [1.807, 2.05) is 27.7 Å². The molecule has 0 saturated carbocycles. The Kier molecular flexibility index (Phi) is 5.65. The fraction of sp³-hybridized carbons (Fsp3) is 0.562. The Morgan fingerprint density at radius 3 is 2.41 bits per heavy atom. The predicted octanol–water partition coefficient (Wildman–Crippen LogP) is 2.64. The summed E-state index contributed by atoms with van der Waals surface area (Å²) < 4.78 is 0. The van der Waals surface area contributed by atoms with Crippen molar-refractivity contribution in [1.29, 1.82) is 0 Å². The normalized spacial score (nSPS) is 14.3. The van der Waals surface area contributed by atoms with Gasteiger partial charge < -0.3 is 10.4 Å². The molecule has 0 aromatic heterocycles. The molecule has 22 heavy (non-hydrogen) atoms. The van der Waals surface area contributed by atoms with Gasteiger partial charge in [0.05, 0.1) is 4.92 Å². The van der Waals surface area contributed by atoms with Gasteiger partial charge in [-0.15, -0.1) is 0 Å². The Hall–Kier alpha value is -1.95. The molecule has 0 saturated heterocycles. The quantitative estimate of drug-likeness (QED) is 0.646. The maximum absolute atomic E-state index is 12.2. The molecule has 0 heterocycles. The fourth-order valence-electron chi connectivity index (χ4n) is 2.05. The van der Waals surface area contributed by atoms with Crippen LogP contribution in [0.15, 0.2) is 18.2 Å². The lowest BCUT2D eigenvalue weighted by Gasteiger charge is -2.21. The molecule has 0 aliphatic rings. The zero-order valence-corrected chi connectivity index (χ0v) is 13.7. The minimum absolute atomic E-state index is 0.0371. The zero-order chi connectivity index (χ0) is 17.1. The van der Waals surface area contributed by atoms with Gasteiger partial charge in [0.2, 0.25) is 0 Å². The Bertz CT molecular complexity index is 564. The van der Waals surface area contributed by atoms with Gasteiger partial charge in [0.1, 0.15) is 0 Å². The number of aliphatic hydroxyl groups is 1. The maximum Gasteiger partial charge on any atom is 0.273 e. The van der Waals surface area contributed by atoms with Gasteiger partial charge in [0.25, 0.3) is 11.6 Å². The van der Waals surface area contributed by atoms with Gasteiger partial charge >= 0.3 is 0 Å². The highest BCUT2D eigenvalue weighted by Gasteiger charge is 2.26. The van der Waals surface area contributed by atoms with Crippen molar-refractivity contribution in [3.8, 4) is 0 Å². The first-order valence-electron chi connectivity index (χ1n) is 7.28. The molecular formula is C16H24N2O4. The van der Waals surface area contributed by atoms with Crippen molar-refractivity contribution < 1.29 is 14.8 Å². The maximum atomic E-state index is 12.2. The van der Waals surface area contributed by atoms with Crippen LogP contribution >= 0.6 is 0 Å². The minimum Gasteiger partial charge on any atom is -0.396 e. The third kappa shape index (κ3) is 4.27. The molecule has 0 bridgehead atoms. The van der Waals surface area contributed by atoms with E-state index in [0.29, 0.717) is 5.56 Å². The van der Waals surface area contributed by atoms with E-state index in [1.54, 1.807) is 19.1 Å². The highest BCUT2D eigenvalue weighted by molar-refractivity contribution is 5.95. The number of rotatable bonds is 5. The molecule has 0 aliphatic carbocycles. The summed E-state index contributed by atoms with van der Waals surface area (Å²) in [6, 6.07) is 4.32. The van der Waals surface area contributed by atoms with Crippen LogP contribution in [0, 0.1) is 16.0 Å². The van der Waals surface area contributed by atoms with E-state index in [2.05, 4.69) is 5.32 Å². The second-order valence-corrected chi connectivity index (χ2v) is 6.66. The van der Waals surface area contributed by atoms with E-state index in [9.17, 15) is 14.9 Å². The summed E-state index contributed by atoms with van der Waals surface area (Å²) in [5.74, 6) is -0.468. The van der Waals surface area contributed by atoms with Gasteiger partial charge in [-0.25, -0.2) is 0 Å². The van der Waals surface area contributed by atoms with Crippen molar-refractivity contribution in [1.82, 2.24) is 5.32 Å². The molecule has 6 heteroatoms. The summed E-state index contributed by atoms with van der Waals surface area (Å²) in [7, 11) is 0. The highest BCUT2D eigenvalue weighted by Crippen LogP contribution is 2.31. The van der Waals surface area contributed by atoms with E-state index in [1.165, 1.54) is 6.07 Å². The molecular weight excluding hydrogens is 284 g/mol. The average molecular weight is 308 g/mol. The molecule has 122 valence electrons. The number of nitro benzene ring substituents is 1. The third-order valence-electron chi connectivity index (χ3n) is 3.76. The van der Waals surface area contributed by atoms with Crippen molar-refractivity contribution in [2.45, 2.75) is 46.1 Å². The van der Waals surface area contributed by atoms with Crippen LogP contribution in [0.1, 0.15) is 50.5 Å². The van der Waals surface area contributed by atoms with Gasteiger partial charge in [-0.05, 0) is 24.3 Å². The van der Waals surface area contributed by atoms with Crippen LogP contribution in [0.4, 0.5) is 5.69 Å². The molecule has 6 nitrogen and oxygen atoms in total. The fourth-order valence-corrected chi connectivity index (χ4v) is 2.05. The summed E-state index contributed by atoms with van der Waals surface area (Å²) in [4.78, 5) is 23.0. The van der Waals surface area contributed by atoms with Gasteiger partial charge in [-0.3, -0.25) is 14.9 Å². The van der Waals surface area contributed by atoms with Crippen LogP contribution in [0.3, 0.4) is 0 Å². The molecule has 1 aromatic rings. The molecule has 0 radical (unpaired) electrons. The topological polar surface area (TPSA) is 92.5 Å². The van der Waals surface area contributed by atoms with Gasteiger partial charge in [-0.1, -0.05) is 33.8 Å². The van der Waals surface area contributed by atoms with Crippen molar-refractivity contribution in [2.24, 2.45) is 5.92 Å². The predicted molar refractivity (Wildman–Crippen MR) is 85.0 cm³/mol. The minimum atomic E-state index is -0.461. The number of aliphatic hydroxyl groups excluding tert-OH is 1. The number of amides is 1. The first-order chi connectivity index (χ1) is 10.1. The SMILES string of the molecule is CC(CO)C(C)NC(=O)c1ccc(C(C)(C)C)c([N+](=O)[O-])c1. The third-order valence-corrected chi connectivity index (χ3v) is 3.76. The Balaban J connectivity index is 3.10. The average Bonchev–Trinajstić information content (AvgIpc) is 2.44. The lowest BCUT2D eigenvalue weighted by molar-refractivity contribution is -0.386. The Morgan fingerprint density at radius 1 is 1.36 bits per heavy atom. The van der Waals surface area contributed by atoms with Crippen molar-refractivity contribution in [3.63, 3.8) is 0 Å². The lowest BCUT2D eigenvalue weighted by atomic mass is 9.85. The van der Waals surface area contributed by atoms with Crippen LogP contribution in [0.25, 0.3) is 0 Å². The van der Waals surface area contributed by atoms with Crippen LogP contribution < -0.4 is 5.32 Å². The molecule has 0 spiro atoms. The standard InChI is InChI=1S/C16H24N2O4/c1-10(9-19)11(2)17-15(20)12-6-7-13(16(3,4)5)14(8-12)18(21)22/h6-8,10-11,19H,9H2,1-5H3,(H,17,20). The van der Waals surface area contributed by atoms with E-state index in [0.717, 1.165) is 0 Å². The molecule has 1 aromatic carbocycles. The van der Waals surface area contributed by atoms with Gasteiger partial charge in [0, 0.05) is 29.8 Å². The number of hydrogen-bond acceptors (Lipinski definition) is 4. The number of carbonyl (C=O) groups excluding carboxylic acids is 1. The second-order valence-electron chi connectivity index (χ2n) is 6.66. The number of benzene rings is 1. The molecule has 2 unspecified atom stereocenters. The number of hydrogen-bond donors (Lipinski definition) is 2. The monoisotopic (exact) mass is 308 g/mol. The second kappa shape index (κ2) is 6.87. The van der Waals surface area contributed by atoms with Crippen LogP contribution in [-0.4, -0.2) is 28.6 Å². The number of nitrogens with one attached hydrogen (secondary N) is 1. The Labute approximate surface area is 130 Å². The van der Waals surface area contributed by atoms with Crippen molar-refractivity contribution >= 4 is 11.6 Å². The molecule has 0 aliphatic heterocycles. The molecule has 2 atom stereocenters. The van der Waals surface area contributed by atoms with Gasteiger partial charge in [0.15, 0.2) is 0 Å². The first-order valence-corrected chi connectivity index (χ1v) is 7.28. The first kappa shape index (κ1) is 18.1. The highest BCUT2D eigenvalue weighted by atomic mass is 16.6. The van der Waals surface area contributed by atoms with Crippen LogP contribution in [-0.2, 0) is 5.41 Å². The van der Waals surface area contributed by atoms with Crippen LogP contribution in [0.5, 0.6) is 0 Å². The lowest BCUT2D eigenvalue weighted by Crippen LogP contribution is -2.38. The van der Waals surface area contributed by atoms with E-state index < -0.39 is 4.92 Å². The van der Waals surface area contributed by atoms with Crippen molar-refractivity contribution in [3.05, 3.63) is 39.4 Å². The van der Waals surface area contributed by atoms with E-state index >= 15 is 0 Å².